The van der Waals surface area contributed by atoms with E-state index >= 15 is 0 Å². The Balaban J connectivity index is 1.21. The number of aromatic nitrogens is 2. The molecule has 6 heteroatoms. The summed E-state index contributed by atoms with van der Waals surface area (Å²) in [4.78, 5) is 42.6. The molecule has 0 N–H and O–H groups in total. The van der Waals surface area contributed by atoms with Gasteiger partial charge in [-0.05, 0) is 100 Å². The van der Waals surface area contributed by atoms with E-state index in [1.54, 1.807) is 0 Å². The average molecular weight is 633 g/mol. The molecule has 4 aromatic carbocycles. The average Bonchev–Trinajstić information content (AvgIpc) is 3.09. The number of piperazine rings is 1. The van der Waals surface area contributed by atoms with Crippen LogP contribution in [0.15, 0.2) is 97.1 Å². The maximum atomic E-state index is 14.4. The number of amides is 2. The summed E-state index contributed by atoms with van der Waals surface area (Å²) in [5, 5.41) is 1.66. The monoisotopic (exact) mass is 632 g/mol. The Morgan fingerprint density at radius 1 is 0.542 bits per heavy atom. The molecule has 0 saturated carbocycles. The lowest BCUT2D eigenvalue weighted by molar-refractivity contribution is 0.0272. The summed E-state index contributed by atoms with van der Waals surface area (Å²) in [6.07, 6.45) is 0. The van der Waals surface area contributed by atoms with Gasteiger partial charge in [0, 0.05) is 47.1 Å². The largest absolute Gasteiger partial charge is 0.332 e. The lowest BCUT2D eigenvalue weighted by atomic mass is 9.98. The van der Waals surface area contributed by atoms with Crippen molar-refractivity contribution in [2.24, 2.45) is 0 Å². The van der Waals surface area contributed by atoms with E-state index in [1.165, 1.54) is 22.3 Å². The maximum absolute atomic E-state index is 14.4. The molecule has 0 spiro atoms. The van der Waals surface area contributed by atoms with Crippen molar-refractivity contribution in [3.63, 3.8) is 0 Å². The van der Waals surface area contributed by atoms with Crippen LogP contribution in [0.4, 0.5) is 0 Å². The van der Waals surface area contributed by atoms with E-state index in [0.29, 0.717) is 24.2 Å². The van der Waals surface area contributed by atoms with Crippen molar-refractivity contribution in [3.05, 3.63) is 130 Å². The van der Waals surface area contributed by atoms with Gasteiger partial charge in [-0.1, -0.05) is 60.7 Å². The molecule has 1 aliphatic rings. The van der Waals surface area contributed by atoms with Crippen molar-refractivity contribution in [3.8, 4) is 22.5 Å². The van der Waals surface area contributed by atoms with Crippen LogP contribution in [-0.4, -0.2) is 56.8 Å². The highest BCUT2D eigenvalue weighted by Gasteiger charge is 2.36. The molecular formula is C42H40N4O2. The van der Waals surface area contributed by atoms with Crippen LogP contribution in [0.5, 0.6) is 0 Å². The summed E-state index contributed by atoms with van der Waals surface area (Å²) in [7, 11) is 0. The normalized spacial score (nSPS) is 16.5. The van der Waals surface area contributed by atoms with Gasteiger partial charge < -0.3 is 9.80 Å². The van der Waals surface area contributed by atoms with Crippen molar-refractivity contribution in [2.75, 3.05) is 13.1 Å². The van der Waals surface area contributed by atoms with Gasteiger partial charge >= 0.3 is 0 Å². The van der Waals surface area contributed by atoms with E-state index < -0.39 is 0 Å². The lowest BCUT2D eigenvalue weighted by Gasteiger charge is -2.44. The molecule has 240 valence electrons. The molecule has 6 aromatic rings. The van der Waals surface area contributed by atoms with Crippen molar-refractivity contribution < 1.29 is 9.59 Å². The molecule has 2 amide bonds. The Kier molecular flexibility index (Phi) is 8.04. The zero-order chi connectivity index (χ0) is 33.7. The smallest absolute Gasteiger partial charge is 0.254 e. The molecule has 0 unspecified atom stereocenters. The van der Waals surface area contributed by atoms with Gasteiger partial charge in [0.2, 0.25) is 0 Å². The number of para-hydroxylation sites is 2. The number of carbonyl (C=O) groups excluding carboxylic acids is 2. The van der Waals surface area contributed by atoms with E-state index in [1.807, 2.05) is 84.3 Å². The molecule has 2 atom stereocenters. The molecule has 1 fully saturated rings. The second-order valence-electron chi connectivity index (χ2n) is 13.4. The van der Waals surface area contributed by atoms with Gasteiger partial charge in [0.05, 0.1) is 33.5 Å². The van der Waals surface area contributed by atoms with Gasteiger partial charge in [-0.25, -0.2) is 9.97 Å². The second-order valence-corrected chi connectivity index (χ2v) is 13.4. The first-order valence-electron chi connectivity index (χ1n) is 16.7. The molecule has 3 heterocycles. The van der Waals surface area contributed by atoms with E-state index in [9.17, 15) is 9.59 Å². The number of aryl methyl sites for hydroxylation is 4. The fraction of sp³-hybridized carbons (Fsp3) is 0.238. The summed E-state index contributed by atoms with van der Waals surface area (Å²) in [6.45, 7) is 13.3. The minimum atomic E-state index is -0.193. The molecule has 2 aromatic heterocycles. The third kappa shape index (κ3) is 5.62. The molecule has 1 aliphatic heterocycles. The number of fused-ring (bicyclic) bond motifs is 2. The molecular weight excluding hydrogens is 592 g/mol. The van der Waals surface area contributed by atoms with Crippen LogP contribution >= 0.6 is 0 Å². The SMILES string of the molecule is Cc1ccc(-c2cc(C(=O)N3C[C@H](C)N(C(=O)c4cc(-c5ccc(C)c(C)c5)nc5ccccc45)C[C@H]3C)c3ccccc3n2)cc1C. The van der Waals surface area contributed by atoms with Crippen molar-refractivity contribution in [2.45, 2.75) is 53.6 Å². The second kappa shape index (κ2) is 12.3. The van der Waals surface area contributed by atoms with Gasteiger partial charge in [-0.2, -0.15) is 0 Å². The third-order valence-electron chi connectivity index (χ3n) is 10.0. The van der Waals surface area contributed by atoms with Crippen LogP contribution in [0.25, 0.3) is 44.3 Å². The van der Waals surface area contributed by atoms with Crippen LogP contribution in [0.1, 0.15) is 56.8 Å². The van der Waals surface area contributed by atoms with E-state index in [-0.39, 0.29) is 23.9 Å². The first-order chi connectivity index (χ1) is 23.1. The van der Waals surface area contributed by atoms with Crippen LogP contribution in [0.3, 0.4) is 0 Å². The predicted molar refractivity (Wildman–Crippen MR) is 194 cm³/mol. The van der Waals surface area contributed by atoms with Crippen LogP contribution < -0.4 is 0 Å². The van der Waals surface area contributed by atoms with E-state index in [0.717, 1.165) is 44.3 Å². The van der Waals surface area contributed by atoms with Gasteiger partial charge in [-0.3, -0.25) is 9.59 Å². The minimum absolute atomic E-state index is 0.0449. The highest BCUT2D eigenvalue weighted by molar-refractivity contribution is 6.09. The van der Waals surface area contributed by atoms with Crippen LogP contribution in [0.2, 0.25) is 0 Å². The van der Waals surface area contributed by atoms with E-state index in [2.05, 4.69) is 64.1 Å². The Morgan fingerprint density at radius 2 is 0.938 bits per heavy atom. The molecule has 7 rings (SSSR count). The first kappa shape index (κ1) is 31.3. The van der Waals surface area contributed by atoms with Gasteiger partial charge in [0.1, 0.15) is 0 Å². The van der Waals surface area contributed by atoms with Crippen LogP contribution in [-0.2, 0) is 0 Å². The number of hydrogen-bond acceptors (Lipinski definition) is 4. The molecule has 48 heavy (non-hydrogen) atoms. The Bertz CT molecular complexity index is 2080. The Hall–Kier alpha value is -5.36. The molecule has 6 nitrogen and oxygen atoms in total. The van der Waals surface area contributed by atoms with Crippen LogP contribution in [0, 0.1) is 27.7 Å². The first-order valence-corrected chi connectivity index (χ1v) is 16.7. The molecule has 0 aliphatic carbocycles. The van der Waals surface area contributed by atoms with Crippen molar-refractivity contribution in [1.82, 2.24) is 19.8 Å². The number of hydrogen-bond donors (Lipinski definition) is 0. The number of carbonyl (C=O) groups is 2. The summed E-state index contributed by atoms with van der Waals surface area (Å²) in [5.41, 5.74) is 11.2. The lowest BCUT2D eigenvalue weighted by Crippen LogP contribution is -2.59. The summed E-state index contributed by atoms with van der Waals surface area (Å²) < 4.78 is 0. The fourth-order valence-electron chi connectivity index (χ4n) is 6.80. The number of benzene rings is 4. The third-order valence-corrected chi connectivity index (χ3v) is 10.0. The number of nitrogens with zero attached hydrogens (tertiary/aromatic N) is 4. The quantitative estimate of drug-likeness (QED) is 0.195. The molecule has 1 saturated heterocycles. The van der Waals surface area contributed by atoms with Gasteiger partial charge in [0.25, 0.3) is 11.8 Å². The number of pyridine rings is 2. The molecule has 0 bridgehead atoms. The predicted octanol–water partition coefficient (Wildman–Crippen LogP) is 8.73. The standard InChI is InChI=1S/C42H40N4O2/c1-25-15-17-31(19-27(25)3)39-21-35(33-11-7-9-13-37(33)43-39)41(47)45-23-30(6)46(24-29(45)5)42(48)36-22-40(32-18-16-26(2)28(4)20-32)44-38-14-10-8-12-34(36)38/h7-22,29-30H,23-24H2,1-6H3/t29-,30+. The zero-order valence-corrected chi connectivity index (χ0v) is 28.4. The highest BCUT2D eigenvalue weighted by atomic mass is 16.2. The minimum Gasteiger partial charge on any atom is -0.332 e. The zero-order valence-electron chi connectivity index (χ0n) is 28.4. The van der Waals surface area contributed by atoms with Crippen molar-refractivity contribution >= 4 is 33.6 Å². The highest BCUT2D eigenvalue weighted by Crippen LogP contribution is 2.31. The van der Waals surface area contributed by atoms with Gasteiger partial charge in [0.15, 0.2) is 0 Å². The number of rotatable bonds is 4. The van der Waals surface area contributed by atoms with Gasteiger partial charge in [-0.15, -0.1) is 0 Å². The topological polar surface area (TPSA) is 66.4 Å². The molecule has 0 radical (unpaired) electrons. The fourth-order valence-corrected chi connectivity index (χ4v) is 6.80. The Morgan fingerprint density at radius 3 is 1.33 bits per heavy atom. The van der Waals surface area contributed by atoms with E-state index in [4.69, 9.17) is 9.97 Å². The Labute approximate surface area is 282 Å². The summed E-state index contributed by atoms with van der Waals surface area (Å²) in [5.74, 6) is -0.0898. The summed E-state index contributed by atoms with van der Waals surface area (Å²) >= 11 is 0. The maximum Gasteiger partial charge on any atom is 0.254 e. The van der Waals surface area contributed by atoms with Crippen molar-refractivity contribution in [1.29, 1.82) is 0 Å². The summed E-state index contributed by atoms with van der Waals surface area (Å²) in [6, 6.07) is 31.7.